The van der Waals surface area contributed by atoms with E-state index < -0.39 is 0 Å². The molecule has 0 fully saturated rings. The molecule has 2 N–H and O–H groups in total. The van der Waals surface area contributed by atoms with Crippen LogP contribution < -0.4 is 10.6 Å². The second-order valence-corrected chi connectivity index (χ2v) is 4.86. The third kappa shape index (κ3) is 3.43. The molecular weight excluding hydrogens is 215 g/mol. The summed E-state index contributed by atoms with van der Waals surface area (Å²) in [4.78, 5) is 2.09. The van der Waals surface area contributed by atoms with E-state index in [-0.39, 0.29) is 11.9 Å². The van der Waals surface area contributed by atoms with Gasteiger partial charge >= 0.3 is 0 Å². The van der Waals surface area contributed by atoms with Gasteiger partial charge in [-0.3, -0.25) is 0 Å². The molecule has 96 valence electrons. The topological polar surface area (TPSA) is 29.3 Å². The number of nitrogens with zero attached hydrogens (tertiary/aromatic N) is 1. The number of benzene rings is 1. The Balaban J connectivity index is 3.00. The first-order chi connectivity index (χ1) is 7.97. The summed E-state index contributed by atoms with van der Waals surface area (Å²) in [5, 5.41) is 0. The van der Waals surface area contributed by atoms with E-state index in [0.29, 0.717) is 11.5 Å². The van der Waals surface area contributed by atoms with Gasteiger partial charge in [-0.1, -0.05) is 26.3 Å². The summed E-state index contributed by atoms with van der Waals surface area (Å²) in [7, 11) is 1.99. The third-order valence-corrected chi connectivity index (χ3v) is 3.18. The second kappa shape index (κ2) is 6.01. The molecule has 1 rings (SSSR count). The maximum Gasteiger partial charge on any atom is 0.130 e. The van der Waals surface area contributed by atoms with Gasteiger partial charge in [0.15, 0.2) is 0 Å². The highest BCUT2D eigenvalue weighted by atomic mass is 19.1. The molecule has 0 bridgehead atoms. The Morgan fingerprint density at radius 3 is 2.53 bits per heavy atom. The lowest BCUT2D eigenvalue weighted by Crippen LogP contribution is -2.26. The Bertz CT molecular complexity index is 363. The highest BCUT2D eigenvalue weighted by molar-refractivity contribution is 5.55. The molecule has 0 spiro atoms. The summed E-state index contributed by atoms with van der Waals surface area (Å²) in [6, 6.07) is 4.86. The van der Waals surface area contributed by atoms with E-state index in [4.69, 9.17) is 5.73 Å². The predicted molar refractivity (Wildman–Crippen MR) is 71.7 cm³/mol. The average molecular weight is 238 g/mol. The fourth-order valence-electron chi connectivity index (χ4n) is 2.00. The maximum atomic E-state index is 13.8. The number of rotatable bonds is 5. The highest BCUT2D eigenvalue weighted by Crippen LogP contribution is 2.27. The van der Waals surface area contributed by atoms with Crippen LogP contribution in [0.4, 0.5) is 10.1 Å². The van der Waals surface area contributed by atoms with E-state index in [0.717, 1.165) is 18.7 Å². The van der Waals surface area contributed by atoms with E-state index in [1.807, 2.05) is 20.0 Å². The highest BCUT2D eigenvalue weighted by Gasteiger charge is 2.16. The lowest BCUT2D eigenvalue weighted by molar-refractivity contribution is 0.553. The van der Waals surface area contributed by atoms with Crippen molar-refractivity contribution in [1.29, 1.82) is 0 Å². The fourth-order valence-corrected chi connectivity index (χ4v) is 2.00. The van der Waals surface area contributed by atoms with Crippen LogP contribution in [-0.2, 0) is 0 Å². The van der Waals surface area contributed by atoms with E-state index in [1.54, 1.807) is 6.07 Å². The van der Waals surface area contributed by atoms with E-state index in [1.165, 1.54) is 6.07 Å². The molecule has 0 aliphatic heterocycles. The largest absolute Gasteiger partial charge is 0.374 e. The molecule has 1 unspecified atom stereocenters. The standard InChI is InChI=1S/C14H23FN2/c1-5-10(2)9-17(4)13-8-6-7-12(15)14(13)11(3)16/h6-8,10-11H,5,9,16H2,1-4H3/t10?,11-/m0/s1. The molecule has 0 heterocycles. The van der Waals surface area contributed by atoms with Crippen molar-refractivity contribution < 1.29 is 4.39 Å². The zero-order valence-corrected chi connectivity index (χ0v) is 11.2. The molecule has 0 aliphatic carbocycles. The van der Waals surface area contributed by atoms with Gasteiger partial charge < -0.3 is 10.6 Å². The van der Waals surface area contributed by atoms with Gasteiger partial charge in [-0.05, 0) is 25.0 Å². The van der Waals surface area contributed by atoms with Gasteiger partial charge in [-0.25, -0.2) is 4.39 Å². The SMILES string of the molecule is CCC(C)CN(C)c1cccc(F)c1[C@H](C)N. The fraction of sp³-hybridized carbons (Fsp3) is 0.571. The van der Waals surface area contributed by atoms with Crippen LogP contribution in [-0.4, -0.2) is 13.6 Å². The van der Waals surface area contributed by atoms with Crippen LogP contribution in [0.25, 0.3) is 0 Å². The van der Waals surface area contributed by atoms with Crippen molar-refractivity contribution in [3.8, 4) is 0 Å². The third-order valence-electron chi connectivity index (χ3n) is 3.18. The van der Waals surface area contributed by atoms with Crippen molar-refractivity contribution >= 4 is 5.69 Å². The quantitative estimate of drug-likeness (QED) is 0.852. The van der Waals surface area contributed by atoms with Crippen molar-refractivity contribution in [2.45, 2.75) is 33.2 Å². The Labute approximate surface area is 104 Å². The number of hydrogen-bond donors (Lipinski definition) is 1. The van der Waals surface area contributed by atoms with Gasteiger partial charge in [0, 0.05) is 30.9 Å². The van der Waals surface area contributed by atoms with E-state index >= 15 is 0 Å². The van der Waals surface area contributed by atoms with Gasteiger partial charge in [-0.2, -0.15) is 0 Å². The van der Waals surface area contributed by atoms with Gasteiger partial charge in [0.2, 0.25) is 0 Å². The summed E-state index contributed by atoms with van der Waals surface area (Å²) in [6.45, 7) is 7.09. The summed E-state index contributed by atoms with van der Waals surface area (Å²) in [6.07, 6.45) is 1.12. The summed E-state index contributed by atoms with van der Waals surface area (Å²) >= 11 is 0. The lowest BCUT2D eigenvalue weighted by Gasteiger charge is -2.26. The Kier molecular flexibility index (Phi) is 4.94. The molecule has 0 saturated heterocycles. The molecule has 3 heteroatoms. The van der Waals surface area contributed by atoms with Crippen LogP contribution in [0.2, 0.25) is 0 Å². The van der Waals surface area contributed by atoms with Crippen LogP contribution in [0.1, 0.15) is 38.8 Å². The lowest BCUT2D eigenvalue weighted by atomic mass is 10.0. The molecule has 0 aliphatic rings. The number of nitrogens with two attached hydrogens (primary N) is 1. The minimum Gasteiger partial charge on any atom is -0.374 e. The first-order valence-electron chi connectivity index (χ1n) is 6.22. The summed E-state index contributed by atoms with van der Waals surface area (Å²) in [5.74, 6) is 0.373. The normalized spacial score (nSPS) is 14.5. The number of halogens is 1. The second-order valence-electron chi connectivity index (χ2n) is 4.86. The molecule has 1 aromatic carbocycles. The van der Waals surface area contributed by atoms with Crippen LogP contribution in [0.3, 0.4) is 0 Å². The minimum absolute atomic E-state index is 0.214. The van der Waals surface area contributed by atoms with Crippen LogP contribution >= 0.6 is 0 Å². The number of anilines is 1. The first kappa shape index (κ1) is 14.0. The molecular formula is C14H23FN2. The van der Waals surface area contributed by atoms with Crippen molar-refractivity contribution in [2.75, 3.05) is 18.5 Å². The van der Waals surface area contributed by atoms with Crippen molar-refractivity contribution in [3.63, 3.8) is 0 Å². The van der Waals surface area contributed by atoms with Gasteiger partial charge in [-0.15, -0.1) is 0 Å². The maximum absolute atomic E-state index is 13.8. The zero-order chi connectivity index (χ0) is 13.0. The molecule has 0 amide bonds. The van der Waals surface area contributed by atoms with Crippen LogP contribution in [0, 0.1) is 11.7 Å². The van der Waals surface area contributed by atoms with E-state index in [9.17, 15) is 4.39 Å². The van der Waals surface area contributed by atoms with Gasteiger partial charge in [0.05, 0.1) is 0 Å². The average Bonchev–Trinajstić information content (AvgIpc) is 2.27. The molecule has 2 nitrogen and oxygen atoms in total. The Hall–Kier alpha value is -1.09. The van der Waals surface area contributed by atoms with Crippen molar-refractivity contribution in [2.24, 2.45) is 11.7 Å². The predicted octanol–water partition coefficient (Wildman–Crippen LogP) is 3.33. The zero-order valence-electron chi connectivity index (χ0n) is 11.2. The molecule has 17 heavy (non-hydrogen) atoms. The van der Waals surface area contributed by atoms with Crippen LogP contribution in [0.15, 0.2) is 18.2 Å². The van der Waals surface area contributed by atoms with Gasteiger partial charge in [0.1, 0.15) is 5.82 Å². The van der Waals surface area contributed by atoms with Crippen LogP contribution in [0.5, 0.6) is 0 Å². The van der Waals surface area contributed by atoms with Gasteiger partial charge in [0.25, 0.3) is 0 Å². The summed E-state index contributed by atoms with van der Waals surface area (Å²) in [5.41, 5.74) is 7.36. The molecule has 0 radical (unpaired) electrons. The monoisotopic (exact) mass is 238 g/mol. The smallest absolute Gasteiger partial charge is 0.130 e. The Morgan fingerprint density at radius 2 is 2.00 bits per heavy atom. The molecule has 0 aromatic heterocycles. The number of hydrogen-bond acceptors (Lipinski definition) is 2. The first-order valence-corrected chi connectivity index (χ1v) is 6.22. The summed E-state index contributed by atoms with van der Waals surface area (Å²) < 4.78 is 13.8. The Morgan fingerprint density at radius 1 is 1.35 bits per heavy atom. The molecule has 0 saturated carbocycles. The van der Waals surface area contributed by atoms with Crippen molar-refractivity contribution in [3.05, 3.63) is 29.6 Å². The van der Waals surface area contributed by atoms with E-state index in [2.05, 4.69) is 18.7 Å². The molecule has 2 atom stereocenters. The molecule has 1 aromatic rings. The van der Waals surface area contributed by atoms with Crippen molar-refractivity contribution in [1.82, 2.24) is 0 Å². The minimum atomic E-state index is -0.286.